The number of amides is 1. The van der Waals surface area contributed by atoms with Gasteiger partial charge in [-0.05, 0) is 32.3 Å². The Labute approximate surface area is 125 Å². The van der Waals surface area contributed by atoms with E-state index in [4.69, 9.17) is 5.14 Å². The zero-order chi connectivity index (χ0) is 15.6. The molecule has 0 spiro atoms. The molecule has 21 heavy (non-hydrogen) atoms. The molecule has 3 N–H and O–H groups in total. The zero-order valence-corrected chi connectivity index (χ0v) is 13.3. The quantitative estimate of drug-likeness (QED) is 0.836. The Kier molecular flexibility index (Phi) is 4.73. The van der Waals surface area contributed by atoms with Gasteiger partial charge in [0.2, 0.25) is 10.0 Å². The van der Waals surface area contributed by atoms with Gasteiger partial charge >= 0.3 is 0 Å². The van der Waals surface area contributed by atoms with E-state index in [1.165, 1.54) is 31.5 Å². The summed E-state index contributed by atoms with van der Waals surface area (Å²) in [6.07, 6.45) is 6.17. The molecule has 1 amide bonds. The highest BCUT2D eigenvalue weighted by Gasteiger charge is 2.21. The Hall–Kier alpha value is -1.34. The summed E-state index contributed by atoms with van der Waals surface area (Å²) in [6, 6.07) is 1.32. The Morgan fingerprint density at radius 3 is 2.62 bits per heavy atom. The number of carbonyl (C=O) groups excluding carboxylic acids is 1. The molecule has 0 atom stereocenters. The first-order valence-electron chi connectivity index (χ1n) is 7.32. The van der Waals surface area contributed by atoms with Crippen LogP contribution in [0.5, 0.6) is 0 Å². The average Bonchev–Trinajstić information content (AvgIpc) is 2.76. The molecule has 1 heterocycles. The monoisotopic (exact) mass is 313 g/mol. The van der Waals surface area contributed by atoms with Crippen molar-refractivity contribution in [1.29, 1.82) is 0 Å². The molecule has 2 rings (SSSR count). The van der Waals surface area contributed by atoms with Crippen molar-refractivity contribution in [3.05, 3.63) is 18.0 Å². The van der Waals surface area contributed by atoms with Crippen LogP contribution in [0.25, 0.3) is 0 Å². The molecule has 0 aliphatic heterocycles. The van der Waals surface area contributed by atoms with Crippen molar-refractivity contribution in [3.8, 4) is 0 Å². The predicted molar refractivity (Wildman–Crippen MR) is 80.5 cm³/mol. The smallest absolute Gasteiger partial charge is 0.267 e. The summed E-state index contributed by atoms with van der Waals surface area (Å²) >= 11 is 0. The van der Waals surface area contributed by atoms with Gasteiger partial charge in [-0.25, -0.2) is 13.6 Å². The Balaban J connectivity index is 2.09. The van der Waals surface area contributed by atoms with Crippen LogP contribution in [0.4, 0.5) is 0 Å². The number of aromatic nitrogens is 1. The maximum Gasteiger partial charge on any atom is 0.267 e. The van der Waals surface area contributed by atoms with E-state index in [-0.39, 0.29) is 16.8 Å². The fourth-order valence-corrected chi connectivity index (χ4v) is 3.02. The SMILES string of the molecule is CC(C)n1cc(S(N)(=O)=O)cc1C(=O)NCCC1CCC1. The molecule has 118 valence electrons. The van der Waals surface area contributed by atoms with Gasteiger partial charge in [0.15, 0.2) is 0 Å². The highest BCUT2D eigenvalue weighted by Crippen LogP contribution is 2.28. The van der Waals surface area contributed by atoms with Crippen LogP contribution in [-0.2, 0) is 10.0 Å². The van der Waals surface area contributed by atoms with Gasteiger partial charge in [-0.2, -0.15) is 0 Å². The lowest BCUT2D eigenvalue weighted by Gasteiger charge is -2.25. The first-order valence-corrected chi connectivity index (χ1v) is 8.86. The molecule has 1 aliphatic carbocycles. The van der Waals surface area contributed by atoms with Crippen LogP contribution in [0, 0.1) is 5.92 Å². The Bertz CT molecular complexity index is 615. The third-order valence-corrected chi connectivity index (χ3v) is 4.88. The second-order valence-electron chi connectivity index (χ2n) is 5.95. The molecule has 1 aromatic rings. The number of sulfonamides is 1. The van der Waals surface area contributed by atoms with Gasteiger partial charge < -0.3 is 9.88 Å². The van der Waals surface area contributed by atoms with E-state index < -0.39 is 10.0 Å². The van der Waals surface area contributed by atoms with E-state index in [2.05, 4.69) is 5.32 Å². The third kappa shape index (κ3) is 3.85. The minimum absolute atomic E-state index is 0.0205. The number of nitrogens with one attached hydrogen (secondary N) is 1. The van der Waals surface area contributed by atoms with E-state index >= 15 is 0 Å². The first kappa shape index (κ1) is 16.0. The summed E-state index contributed by atoms with van der Waals surface area (Å²) < 4.78 is 24.5. The zero-order valence-electron chi connectivity index (χ0n) is 12.5. The average molecular weight is 313 g/mol. The minimum Gasteiger partial charge on any atom is -0.351 e. The second-order valence-corrected chi connectivity index (χ2v) is 7.51. The lowest BCUT2D eigenvalue weighted by molar-refractivity contribution is 0.0938. The van der Waals surface area contributed by atoms with Gasteiger partial charge in [-0.1, -0.05) is 19.3 Å². The van der Waals surface area contributed by atoms with Crippen molar-refractivity contribution >= 4 is 15.9 Å². The minimum atomic E-state index is -3.80. The molecule has 0 unspecified atom stereocenters. The molecule has 1 aliphatic rings. The molecular formula is C14H23N3O3S. The molecule has 1 fully saturated rings. The number of nitrogens with zero attached hydrogens (tertiary/aromatic N) is 1. The summed E-state index contributed by atoms with van der Waals surface area (Å²) in [5, 5.41) is 7.99. The van der Waals surface area contributed by atoms with Gasteiger partial charge in [0.1, 0.15) is 10.6 Å². The summed E-state index contributed by atoms with van der Waals surface area (Å²) in [4.78, 5) is 12.2. The molecule has 1 aromatic heterocycles. The molecule has 1 saturated carbocycles. The van der Waals surface area contributed by atoms with Crippen LogP contribution in [0.3, 0.4) is 0 Å². The fourth-order valence-electron chi connectivity index (χ4n) is 2.48. The number of hydrogen-bond acceptors (Lipinski definition) is 3. The van der Waals surface area contributed by atoms with Gasteiger partial charge in [0, 0.05) is 18.8 Å². The van der Waals surface area contributed by atoms with Gasteiger partial charge in [0.25, 0.3) is 5.91 Å². The highest BCUT2D eigenvalue weighted by molar-refractivity contribution is 7.89. The van der Waals surface area contributed by atoms with Gasteiger partial charge in [-0.3, -0.25) is 4.79 Å². The predicted octanol–water partition coefficient (Wildman–Crippen LogP) is 1.64. The topological polar surface area (TPSA) is 94.2 Å². The van der Waals surface area contributed by atoms with E-state index in [9.17, 15) is 13.2 Å². The number of primary sulfonamides is 1. The van der Waals surface area contributed by atoms with Gasteiger partial charge in [-0.15, -0.1) is 0 Å². The standard InChI is InChI=1S/C14H23N3O3S/c1-10(2)17-9-12(21(15,19)20)8-13(17)14(18)16-7-6-11-4-3-5-11/h8-11H,3-7H2,1-2H3,(H,16,18)(H2,15,19,20). The Morgan fingerprint density at radius 1 is 1.48 bits per heavy atom. The molecule has 0 saturated heterocycles. The van der Waals surface area contributed by atoms with Gasteiger partial charge in [0.05, 0.1) is 0 Å². The number of rotatable bonds is 6. The van der Waals surface area contributed by atoms with Crippen LogP contribution in [0.2, 0.25) is 0 Å². The van der Waals surface area contributed by atoms with Crippen LogP contribution in [-0.4, -0.2) is 25.4 Å². The van der Waals surface area contributed by atoms with Crippen LogP contribution in [0.1, 0.15) is 56.1 Å². The van der Waals surface area contributed by atoms with Crippen molar-refractivity contribution < 1.29 is 13.2 Å². The lowest BCUT2D eigenvalue weighted by atomic mass is 9.83. The molecule has 0 bridgehead atoms. The molecule has 6 nitrogen and oxygen atoms in total. The van der Waals surface area contributed by atoms with Crippen molar-refractivity contribution in [2.24, 2.45) is 11.1 Å². The van der Waals surface area contributed by atoms with Crippen molar-refractivity contribution in [2.75, 3.05) is 6.54 Å². The van der Waals surface area contributed by atoms with Crippen molar-refractivity contribution in [1.82, 2.24) is 9.88 Å². The summed E-state index contributed by atoms with van der Waals surface area (Å²) in [5.74, 6) is 0.472. The normalized spacial score (nSPS) is 16.0. The van der Waals surface area contributed by atoms with Crippen LogP contribution >= 0.6 is 0 Å². The van der Waals surface area contributed by atoms with E-state index in [0.717, 1.165) is 12.3 Å². The number of hydrogen-bond donors (Lipinski definition) is 2. The van der Waals surface area contributed by atoms with Crippen molar-refractivity contribution in [3.63, 3.8) is 0 Å². The number of nitrogens with two attached hydrogens (primary N) is 1. The van der Waals surface area contributed by atoms with E-state index in [1.807, 2.05) is 13.8 Å². The molecule has 0 radical (unpaired) electrons. The third-order valence-electron chi connectivity index (χ3n) is 4.00. The van der Waals surface area contributed by atoms with Crippen LogP contribution in [0.15, 0.2) is 17.2 Å². The molecular weight excluding hydrogens is 290 g/mol. The lowest BCUT2D eigenvalue weighted by Crippen LogP contribution is -2.29. The van der Waals surface area contributed by atoms with Crippen LogP contribution < -0.4 is 10.5 Å². The largest absolute Gasteiger partial charge is 0.351 e. The first-order chi connectivity index (χ1) is 9.79. The summed E-state index contributed by atoms with van der Waals surface area (Å²) in [7, 11) is -3.80. The Morgan fingerprint density at radius 2 is 2.14 bits per heavy atom. The highest BCUT2D eigenvalue weighted by atomic mass is 32.2. The number of carbonyl (C=O) groups is 1. The second kappa shape index (κ2) is 6.19. The van der Waals surface area contributed by atoms with E-state index in [0.29, 0.717) is 12.2 Å². The fraction of sp³-hybridized carbons (Fsp3) is 0.643. The van der Waals surface area contributed by atoms with E-state index in [1.54, 1.807) is 4.57 Å². The molecule has 0 aromatic carbocycles. The summed E-state index contributed by atoms with van der Waals surface area (Å²) in [5.41, 5.74) is 0.336. The maximum atomic E-state index is 12.2. The molecule has 7 heteroatoms. The maximum absolute atomic E-state index is 12.2. The summed E-state index contributed by atoms with van der Waals surface area (Å²) in [6.45, 7) is 4.40. The van der Waals surface area contributed by atoms with Crippen molar-refractivity contribution in [2.45, 2.75) is 50.5 Å².